The Labute approximate surface area is 133 Å². The highest BCUT2D eigenvalue weighted by Crippen LogP contribution is 2.44. The number of benzene rings is 2. The quantitative estimate of drug-likeness (QED) is 0.661. The summed E-state index contributed by atoms with van der Waals surface area (Å²) in [5, 5.41) is 0. The van der Waals surface area contributed by atoms with Crippen LogP contribution in [-0.2, 0) is 0 Å². The normalized spacial score (nSPS) is 23.8. The van der Waals surface area contributed by atoms with Gasteiger partial charge in [-0.25, -0.2) is 0 Å². The van der Waals surface area contributed by atoms with Crippen molar-refractivity contribution in [1.29, 1.82) is 0 Å². The number of fused-ring (bicyclic) bond motifs is 2. The molecule has 0 aliphatic heterocycles. The lowest BCUT2D eigenvalue weighted by Crippen LogP contribution is -2.15. The van der Waals surface area contributed by atoms with Crippen LogP contribution in [-0.4, -0.2) is 5.78 Å². The Bertz CT molecular complexity index is 711. The second-order valence-corrected chi connectivity index (χ2v) is 7.05. The SMILES string of the molecule is O=C1c2ccc(-c3ccccc3Br)cc2C2CCC1CC2. The van der Waals surface area contributed by atoms with Crippen molar-refractivity contribution in [2.75, 3.05) is 0 Å². The first-order valence-electron chi connectivity index (χ1n) is 7.67. The van der Waals surface area contributed by atoms with E-state index in [9.17, 15) is 4.79 Å². The Kier molecular flexibility index (Phi) is 3.22. The van der Waals surface area contributed by atoms with Crippen molar-refractivity contribution >= 4 is 21.7 Å². The van der Waals surface area contributed by atoms with E-state index >= 15 is 0 Å². The molecule has 0 heterocycles. The standard InChI is InChI=1S/C19H17BrO/c20-18-4-2-1-3-15(18)14-9-10-16-17(11-14)12-5-7-13(8-6-12)19(16)21/h1-4,9-13H,5-8H2. The van der Waals surface area contributed by atoms with Crippen molar-refractivity contribution in [3.63, 3.8) is 0 Å². The van der Waals surface area contributed by atoms with E-state index in [0.29, 0.717) is 11.7 Å². The maximum Gasteiger partial charge on any atom is 0.166 e. The van der Waals surface area contributed by atoms with Crippen molar-refractivity contribution in [1.82, 2.24) is 0 Å². The first kappa shape index (κ1) is 13.3. The summed E-state index contributed by atoms with van der Waals surface area (Å²) in [6.45, 7) is 0. The largest absolute Gasteiger partial charge is 0.294 e. The lowest BCUT2D eigenvalue weighted by molar-refractivity contribution is 0.0898. The van der Waals surface area contributed by atoms with E-state index in [2.05, 4.69) is 52.3 Å². The van der Waals surface area contributed by atoms with E-state index in [1.54, 1.807) is 0 Å². The van der Waals surface area contributed by atoms with E-state index in [-0.39, 0.29) is 5.92 Å². The van der Waals surface area contributed by atoms with E-state index in [0.717, 1.165) is 22.9 Å². The van der Waals surface area contributed by atoms with Crippen LogP contribution < -0.4 is 0 Å². The van der Waals surface area contributed by atoms with Crippen LogP contribution in [0.3, 0.4) is 0 Å². The molecule has 0 saturated heterocycles. The summed E-state index contributed by atoms with van der Waals surface area (Å²) in [5.41, 5.74) is 4.68. The van der Waals surface area contributed by atoms with E-state index < -0.39 is 0 Å². The third kappa shape index (κ3) is 2.17. The van der Waals surface area contributed by atoms with Gasteiger partial charge in [0.05, 0.1) is 0 Å². The van der Waals surface area contributed by atoms with Crippen LogP contribution in [0, 0.1) is 5.92 Å². The van der Waals surface area contributed by atoms with Gasteiger partial charge in [-0.15, -0.1) is 0 Å². The third-order valence-electron chi connectivity index (χ3n) is 5.04. The van der Waals surface area contributed by atoms with Crippen LogP contribution in [0.25, 0.3) is 11.1 Å². The van der Waals surface area contributed by atoms with Gasteiger partial charge in [0, 0.05) is 16.0 Å². The predicted octanol–water partition coefficient (Wildman–Crippen LogP) is 5.59. The van der Waals surface area contributed by atoms with Crippen molar-refractivity contribution in [2.45, 2.75) is 31.6 Å². The predicted molar refractivity (Wildman–Crippen MR) is 88.6 cm³/mol. The number of hydrogen-bond acceptors (Lipinski definition) is 1. The number of carbonyl (C=O) groups is 1. The lowest BCUT2D eigenvalue weighted by atomic mass is 9.82. The van der Waals surface area contributed by atoms with Gasteiger partial charge in [-0.1, -0.05) is 52.3 Å². The molecule has 0 aromatic heterocycles. The molecule has 3 aliphatic rings. The first-order valence-corrected chi connectivity index (χ1v) is 8.46. The summed E-state index contributed by atoms with van der Waals surface area (Å²) in [4.78, 5) is 12.6. The average molecular weight is 341 g/mol. The molecule has 2 bridgehead atoms. The first-order chi connectivity index (χ1) is 10.2. The van der Waals surface area contributed by atoms with Gasteiger partial charge >= 0.3 is 0 Å². The molecule has 21 heavy (non-hydrogen) atoms. The maximum absolute atomic E-state index is 12.6. The maximum atomic E-state index is 12.6. The minimum absolute atomic E-state index is 0.275. The molecular formula is C19H17BrO. The van der Waals surface area contributed by atoms with Crippen LogP contribution in [0.15, 0.2) is 46.9 Å². The topological polar surface area (TPSA) is 17.1 Å². The molecule has 0 radical (unpaired) electrons. The molecule has 0 spiro atoms. The second-order valence-electron chi connectivity index (χ2n) is 6.19. The molecule has 0 atom stereocenters. The number of carbonyl (C=O) groups excluding carboxylic acids is 1. The lowest BCUT2D eigenvalue weighted by Gasteiger charge is -2.22. The molecule has 2 aromatic carbocycles. The van der Waals surface area contributed by atoms with E-state index in [1.165, 1.54) is 29.5 Å². The molecular weight excluding hydrogens is 324 g/mol. The minimum Gasteiger partial charge on any atom is -0.294 e. The van der Waals surface area contributed by atoms with Crippen LogP contribution in [0.5, 0.6) is 0 Å². The van der Waals surface area contributed by atoms with Gasteiger partial charge in [-0.3, -0.25) is 4.79 Å². The molecule has 1 saturated carbocycles. The monoisotopic (exact) mass is 340 g/mol. The van der Waals surface area contributed by atoms with Crippen molar-refractivity contribution in [3.05, 3.63) is 58.1 Å². The molecule has 2 heteroatoms. The van der Waals surface area contributed by atoms with Crippen LogP contribution in [0.4, 0.5) is 0 Å². The molecule has 5 rings (SSSR count). The number of Topliss-reactive ketones (excluding diaryl/α,β-unsaturated/α-hetero) is 1. The minimum atomic E-state index is 0.275. The van der Waals surface area contributed by atoms with E-state index in [4.69, 9.17) is 0 Å². The average Bonchev–Trinajstić information content (AvgIpc) is 2.74. The summed E-state index contributed by atoms with van der Waals surface area (Å²) < 4.78 is 1.11. The van der Waals surface area contributed by atoms with Crippen LogP contribution in [0.2, 0.25) is 0 Å². The number of halogens is 1. The highest BCUT2D eigenvalue weighted by Gasteiger charge is 2.34. The van der Waals surface area contributed by atoms with Crippen LogP contribution >= 0.6 is 15.9 Å². The van der Waals surface area contributed by atoms with Gasteiger partial charge < -0.3 is 0 Å². The smallest absolute Gasteiger partial charge is 0.166 e. The zero-order valence-corrected chi connectivity index (χ0v) is 13.4. The van der Waals surface area contributed by atoms with Crippen LogP contribution in [0.1, 0.15) is 47.5 Å². The second kappa shape index (κ2) is 5.10. The Hall–Kier alpha value is -1.41. The molecule has 0 N–H and O–H groups in total. The summed E-state index contributed by atoms with van der Waals surface area (Å²) in [6.07, 6.45) is 4.48. The van der Waals surface area contributed by atoms with Gasteiger partial charge in [-0.05, 0) is 54.4 Å². The molecule has 0 amide bonds. The van der Waals surface area contributed by atoms with E-state index in [1.807, 2.05) is 6.07 Å². The van der Waals surface area contributed by atoms with Gasteiger partial charge in [0.2, 0.25) is 0 Å². The fourth-order valence-corrected chi connectivity index (χ4v) is 4.39. The third-order valence-corrected chi connectivity index (χ3v) is 5.73. The Morgan fingerprint density at radius 1 is 0.857 bits per heavy atom. The zero-order valence-electron chi connectivity index (χ0n) is 11.8. The highest BCUT2D eigenvalue weighted by atomic mass is 79.9. The van der Waals surface area contributed by atoms with Crippen molar-refractivity contribution in [2.24, 2.45) is 5.92 Å². The fraction of sp³-hybridized carbons (Fsp3) is 0.316. The highest BCUT2D eigenvalue weighted by molar-refractivity contribution is 9.10. The molecule has 0 unspecified atom stereocenters. The molecule has 3 aliphatic carbocycles. The molecule has 1 nitrogen and oxygen atoms in total. The summed E-state index contributed by atoms with van der Waals surface area (Å²) >= 11 is 3.63. The molecule has 2 aromatic rings. The number of hydrogen-bond donors (Lipinski definition) is 0. The Balaban J connectivity index is 1.87. The summed E-state index contributed by atoms with van der Waals surface area (Å²) in [6, 6.07) is 14.7. The molecule has 1 fully saturated rings. The van der Waals surface area contributed by atoms with Gasteiger partial charge in [0.1, 0.15) is 0 Å². The van der Waals surface area contributed by atoms with Crippen molar-refractivity contribution < 1.29 is 4.79 Å². The number of rotatable bonds is 1. The van der Waals surface area contributed by atoms with Gasteiger partial charge in [0.15, 0.2) is 5.78 Å². The van der Waals surface area contributed by atoms with Crippen molar-refractivity contribution in [3.8, 4) is 11.1 Å². The fourth-order valence-electron chi connectivity index (χ4n) is 3.87. The van der Waals surface area contributed by atoms with Gasteiger partial charge in [0.25, 0.3) is 0 Å². The Morgan fingerprint density at radius 3 is 2.33 bits per heavy atom. The summed E-state index contributed by atoms with van der Waals surface area (Å²) in [7, 11) is 0. The molecule has 106 valence electrons. The number of ketones is 1. The summed E-state index contributed by atoms with van der Waals surface area (Å²) in [5.74, 6) is 1.23. The Morgan fingerprint density at radius 2 is 1.57 bits per heavy atom. The zero-order chi connectivity index (χ0) is 14.4. The van der Waals surface area contributed by atoms with Gasteiger partial charge in [-0.2, -0.15) is 0 Å².